The minimum absolute atomic E-state index is 0.0394. The van der Waals surface area contributed by atoms with E-state index in [1.165, 1.54) is 0 Å². The highest BCUT2D eigenvalue weighted by Crippen LogP contribution is 2.42. The van der Waals surface area contributed by atoms with Crippen LogP contribution in [0.25, 0.3) is 22.3 Å². The molecule has 4 rings (SSSR count). The molecule has 1 fully saturated rings. The van der Waals surface area contributed by atoms with E-state index >= 15 is 0 Å². The Morgan fingerprint density at radius 2 is 1.71 bits per heavy atom. The normalized spacial score (nSPS) is 24.3. The van der Waals surface area contributed by atoms with E-state index in [0.29, 0.717) is 12.0 Å². The van der Waals surface area contributed by atoms with Crippen LogP contribution in [0.2, 0.25) is 0 Å². The lowest BCUT2D eigenvalue weighted by atomic mass is 9.99. The monoisotopic (exact) mass is 488 g/mol. The third-order valence-corrected chi connectivity index (χ3v) is 5.48. The Kier molecular flexibility index (Phi) is 6.94. The van der Waals surface area contributed by atoms with Gasteiger partial charge in [0.15, 0.2) is 23.0 Å². The van der Waals surface area contributed by atoms with Gasteiger partial charge in [0.2, 0.25) is 12.0 Å². The molecular formula is C24H24O11. The summed E-state index contributed by atoms with van der Waals surface area (Å²) in [4.78, 5) is 24.9. The van der Waals surface area contributed by atoms with Gasteiger partial charge in [0.05, 0.1) is 6.61 Å². The van der Waals surface area contributed by atoms with E-state index in [0.717, 1.165) is 12.1 Å². The Balaban J connectivity index is 1.70. The number of hydrogen-bond donors (Lipinski definition) is 5. The summed E-state index contributed by atoms with van der Waals surface area (Å²) in [5.74, 6) is -2.97. The maximum absolute atomic E-state index is 12.6. The van der Waals surface area contributed by atoms with Crippen LogP contribution in [-0.2, 0) is 14.3 Å². The zero-order valence-corrected chi connectivity index (χ0v) is 18.5. The summed E-state index contributed by atoms with van der Waals surface area (Å²) >= 11 is 0. The lowest BCUT2D eigenvalue weighted by molar-refractivity contribution is -0.272. The van der Waals surface area contributed by atoms with Crippen molar-refractivity contribution in [1.29, 1.82) is 0 Å². The summed E-state index contributed by atoms with van der Waals surface area (Å²) in [6, 6.07) is 10.9. The fraction of sp³-hybridized carbons (Fsp3) is 0.333. The number of hydrogen-bond acceptors (Lipinski definition) is 11. The number of carbonyl (C=O) groups is 1. The van der Waals surface area contributed by atoms with Crippen molar-refractivity contribution in [2.45, 2.75) is 44.1 Å². The third-order valence-electron chi connectivity index (χ3n) is 5.48. The molecule has 0 amide bonds. The molecule has 5 N–H and O–H groups in total. The van der Waals surface area contributed by atoms with Gasteiger partial charge in [-0.1, -0.05) is 37.3 Å². The van der Waals surface area contributed by atoms with Gasteiger partial charge in [0.1, 0.15) is 35.0 Å². The number of rotatable bonds is 6. The van der Waals surface area contributed by atoms with E-state index in [2.05, 4.69) is 0 Å². The number of aromatic hydroxyl groups is 2. The number of phenols is 2. The smallest absolute Gasteiger partial charge is 0.338 e. The van der Waals surface area contributed by atoms with Gasteiger partial charge >= 0.3 is 5.97 Å². The van der Waals surface area contributed by atoms with Crippen LogP contribution in [0.4, 0.5) is 0 Å². The molecule has 1 aliphatic rings. The van der Waals surface area contributed by atoms with Crippen LogP contribution in [-0.4, -0.2) is 68.8 Å². The predicted molar refractivity (Wildman–Crippen MR) is 120 cm³/mol. The van der Waals surface area contributed by atoms with Gasteiger partial charge in [-0.25, -0.2) is 4.79 Å². The first kappa shape index (κ1) is 24.5. The third kappa shape index (κ3) is 4.66. The van der Waals surface area contributed by atoms with Crippen molar-refractivity contribution >= 4 is 16.9 Å². The molecule has 3 aromatic rings. The number of esters is 1. The van der Waals surface area contributed by atoms with E-state index < -0.39 is 59.4 Å². The second kappa shape index (κ2) is 9.92. The van der Waals surface area contributed by atoms with Gasteiger partial charge in [0.25, 0.3) is 0 Å². The summed E-state index contributed by atoms with van der Waals surface area (Å²) in [7, 11) is 0. The zero-order chi connectivity index (χ0) is 25.3. The molecule has 0 radical (unpaired) electrons. The molecule has 0 saturated carbocycles. The van der Waals surface area contributed by atoms with Crippen molar-refractivity contribution in [2.75, 3.05) is 6.61 Å². The Morgan fingerprint density at radius 3 is 2.40 bits per heavy atom. The highest BCUT2D eigenvalue weighted by molar-refractivity contribution is 5.89. The molecule has 186 valence electrons. The van der Waals surface area contributed by atoms with Crippen molar-refractivity contribution in [2.24, 2.45) is 0 Å². The number of aliphatic hydroxyl groups is 3. The largest absolute Gasteiger partial charge is 0.504 e. The molecule has 11 nitrogen and oxygen atoms in total. The van der Waals surface area contributed by atoms with Gasteiger partial charge in [0, 0.05) is 17.7 Å². The Labute approximate surface area is 198 Å². The molecule has 1 unspecified atom stereocenters. The van der Waals surface area contributed by atoms with Gasteiger partial charge in [-0.15, -0.1) is 0 Å². The SMILES string of the molecule is CCCOC(=O)[C@H]1OC(Oc2cc3oc(-c4ccccc4)cc(=O)c3c(O)c2O)[C@H](O)[C@@H](O)[C@@H]1O. The molecule has 0 spiro atoms. The molecule has 2 aromatic carbocycles. The van der Waals surface area contributed by atoms with Crippen LogP contribution in [0.1, 0.15) is 13.3 Å². The minimum atomic E-state index is -1.85. The Hall–Kier alpha value is -3.64. The second-order valence-corrected chi connectivity index (χ2v) is 7.97. The van der Waals surface area contributed by atoms with Crippen molar-refractivity contribution in [3.63, 3.8) is 0 Å². The fourth-order valence-electron chi connectivity index (χ4n) is 3.65. The molecule has 1 aromatic heterocycles. The topological polar surface area (TPSA) is 176 Å². The minimum Gasteiger partial charge on any atom is -0.504 e. The summed E-state index contributed by atoms with van der Waals surface area (Å²) < 4.78 is 21.5. The summed E-state index contributed by atoms with van der Waals surface area (Å²) in [6.07, 6.45) is -8.46. The standard InChI is InChI=1S/C24H24O11/c1-2-8-32-23(31)22-20(29)19(28)21(30)24(35-22)34-15-10-14-16(18(27)17(15)26)12(25)9-13(33-14)11-6-4-3-5-7-11/h3-7,9-10,19-22,24,26-30H,2,8H2,1H3/t19-,20-,21+,22-,24?/m0/s1. The second-order valence-electron chi connectivity index (χ2n) is 7.97. The van der Waals surface area contributed by atoms with E-state index in [4.69, 9.17) is 18.6 Å². The van der Waals surface area contributed by atoms with Gasteiger partial charge in [-0.2, -0.15) is 0 Å². The van der Waals surface area contributed by atoms with E-state index in [-0.39, 0.29) is 23.3 Å². The molecule has 1 aliphatic heterocycles. The Morgan fingerprint density at radius 1 is 1.00 bits per heavy atom. The highest BCUT2D eigenvalue weighted by atomic mass is 16.7. The summed E-state index contributed by atoms with van der Waals surface area (Å²) in [5, 5.41) is 51.2. The molecule has 11 heteroatoms. The highest BCUT2D eigenvalue weighted by Gasteiger charge is 2.49. The van der Waals surface area contributed by atoms with Crippen LogP contribution in [0, 0.1) is 0 Å². The number of fused-ring (bicyclic) bond motifs is 1. The van der Waals surface area contributed by atoms with Crippen LogP contribution >= 0.6 is 0 Å². The number of aliphatic hydroxyl groups excluding tert-OH is 3. The van der Waals surface area contributed by atoms with Crippen LogP contribution in [0.5, 0.6) is 17.2 Å². The maximum Gasteiger partial charge on any atom is 0.338 e. The first-order valence-electron chi connectivity index (χ1n) is 10.8. The van der Waals surface area contributed by atoms with E-state index in [1.54, 1.807) is 37.3 Å². The molecule has 5 atom stereocenters. The number of phenolic OH excluding ortho intramolecular Hbond substituents is 2. The lowest BCUT2D eigenvalue weighted by Crippen LogP contribution is -2.61. The average Bonchev–Trinajstić information content (AvgIpc) is 2.85. The van der Waals surface area contributed by atoms with Gasteiger partial charge in [-0.05, 0) is 6.42 Å². The lowest BCUT2D eigenvalue weighted by Gasteiger charge is -2.39. The number of benzene rings is 2. The zero-order valence-electron chi connectivity index (χ0n) is 18.5. The maximum atomic E-state index is 12.6. The van der Waals surface area contributed by atoms with Gasteiger partial charge < -0.3 is 44.2 Å². The van der Waals surface area contributed by atoms with Gasteiger partial charge in [-0.3, -0.25) is 4.79 Å². The molecule has 0 aliphatic carbocycles. The summed E-state index contributed by atoms with van der Waals surface area (Å²) in [5.41, 5.74) is -0.194. The molecular weight excluding hydrogens is 464 g/mol. The van der Waals surface area contributed by atoms with Crippen molar-refractivity contribution < 1.29 is 49.0 Å². The van der Waals surface area contributed by atoms with Crippen LogP contribution < -0.4 is 10.2 Å². The molecule has 1 saturated heterocycles. The number of ether oxygens (including phenoxy) is 3. The summed E-state index contributed by atoms with van der Waals surface area (Å²) in [6.45, 7) is 1.80. The first-order chi connectivity index (χ1) is 16.7. The van der Waals surface area contributed by atoms with Crippen LogP contribution in [0.3, 0.4) is 0 Å². The molecule has 2 heterocycles. The van der Waals surface area contributed by atoms with Crippen molar-refractivity contribution in [3.8, 4) is 28.6 Å². The Bertz CT molecular complexity index is 1270. The van der Waals surface area contributed by atoms with Crippen LogP contribution in [0.15, 0.2) is 51.7 Å². The van der Waals surface area contributed by atoms with E-state index in [9.17, 15) is 35.1 Å². The molecule has 35 heavy (non-hydrogen) atoms. The predicted octanol–water partition coefficient (Wildman–Crippen LogP) is 1.01. The van der Waals surface area contributed by atoms with Crippen molar-refractivity contribution in [3.05, 3.63) is 52.7 Å². The quantitative estimate of drug-likeness (QED) is 0.247. The number of carbonyl (C=O) groups excluding carboxylic acids is 1. The average molecular weight is 488 g/mol. The van der Waals surface area contributed by atoms with Crippen molar-refractivity contribution in [1.82, 2.24) is 0 Å². The fourth-order valence-corrected chi connectivity index (χ4v) is 3.65. The first-order valence-corrected chi connectivity index (χ1v) is 10.8. The van der Waals surface area contributed by atoms with E-state index in [1.807, 2.05) is 0 Å². The molecule has 0 bridgehead atoms.